The molecule has 0 aromatic heterocycles. The van der Waals surface area contributed by atoms with E-state index in [4.69, 9.17) is 14.2 Å². The molecule has 40 heavy (non-hydrogen) atoms. The third-order valence-corrected chi connectivity index (χ3v) is 6.68. The number of allylic oxidation sites excluding steroid dienone is 2. The minimum Gasteiger partial charge on any atom is -0.458 e. The number of nitrogens with one attached hydrogen (secondary N) is 1. The highest BCUT2D eigenvalue weighted by atomic mass is 16.6. The molecule has 1 aliphatic heterocycles. The molecule has 1 heterocycles. The van der Waals surface area contributed by atoms with Crippen LogP contribution in [0.3, 0.4) is 0 Å². The fraction of sp³-hybridized carbons (Fsp3) is 0.406. The Hall–Kier alpha value is -3.91. The van der Waals surface area contributed by atoms with Crippen molar-refractivity contribution >= 4 is 18.0 Å². The van der Waals surface area contributed by atoms with E-state index in [1.165, 1.54) is 6.20 Å². The number of esters is 2. The number of fused-ring (bicyclic) bond motifs is 1. The SMILES string of the molecule is CCCCCOC(=O)N/C=C/CC1CC(O)C(C)C/C=C/Cc2cccc(OC(=O)c3ccccc3)c2C(=O)O1. The van der Waals surface area contributed by atoms with Crippen LogP contribution in [0.5, 0.6) is 5.75 Å². The number of benzene rings is 2. The molecule has 2 aromatic rings. The van der Waals surface area contributed by atoms with Gasteiger partial charge in [-0.25, -0.2) is 14.4 Å². The molecular weight excluding hydrogens is 510 g/mol. The van der Waals surface area contributed by atoms with Crippen molar-refractivity contribution in [3.8, 4) is 5.75 Å². The number of aliphatic hydroxyl groups is 1. The molecule has 214 valence electrons. The normalized spacial score (nSPS) is 20.4. The van der Waals surface area contributed by atoms with Crippen LogP contribution in [0.1, 0.15) is 78.7 Å². The Bertz CT molecular complexity index is 1180. The molecule has 0 fully saturated rings. The monoisotopic (exact) mass is 549 g/mol. The summed E-state index contributed by atoms with van der Waals surface area (Å²) < 4.78 is 16.7. The fourth-order valence-corrected chi connectivity index (χ4v) is 4.28. The van der Waals surface area contributed by atoms with E-state index in [1.807, 2.05) is 19.1 Å². The molecule has 0 radical (unpaired) electrons. The minimum absolute atomic E-state index is 0.0466. The molecule has 0 saturated carbocycles. The van der Waals surface area contributed by atoms with Crippen molar-refractivity contribution in [3.05, 3.63) is 89.6 Å². The van der Waals surface area contributed by atoms with Gasteiger partial charge >= 0.3 is 18.0 Å². The summed E-state index contributed by atoms with van der Waals surface area (Å²) in [6.07, 6.45) is 9.46. The first-order valence-corrected chi connectivity index (χ1v) is 13.9. The van der Waals surface area contributed by atoms with Gasteiger partial charge in [0.05, 0.1) is 18.3 Å². The molecule has 2 N–H and O–H groups in total. The molecule has 3 rings (SSSR count). The number of carbonyl (C=O) groups is 3. The summed E-state index contributed by atoms with van der Waals surface area (Å²) in [5, 5.41) is 13.3. The van der Waals surface area contributed by atoms with E-state index in [-0.39, 0.29) is 30.1 Å². The molecule has 3 atom stereocenters. The summed E-state index contributed by atoms with van der Waals surface area (Å²) in [6, 6.07) is 13.6. The van der Waals surface area contributed by atoms with E-state index in [9.17, 15) is 19.5 Å². The Morgan fingerprint density at radius 3 is 2.67 bits per heavy atom. The molecule has 1 amide bonds. The third kappa shape index (κ3) is 9.68. The van der Waals surface area contributed by atoms with Crippen LogP contribution in [0.15, 0.2) is 73.0 Å². The van der Waals surface area contributed by atoms with Crippen molar-refractivity contribution in [3.63, 3.8) is 0 Å². The number of hydrogen-bond acceptors (Lipinski definition) is 7. The average Bonchev–Trinajstić information content (AvgIpc) is 2.95. The Kier molecular flexibility index (Phi) is 12.4. The van der Waals surface area contributed by atoms with E-state index < -0.39 is 30.2 Å². The zero-order valence-electron chi connectivity index (χ0n) is 23.2. The largest absolute Gasteiger partial charge is 0.458 e. The molecule has 8 nitrogen and oxygen atoms in total. The van der Waals surface area contributed by atoms with Crippen molar-refractivity contribution < 1.29 is 33.7 Å². The second-order valence-corrected chi connectivity index (χ2v) is 9.89. The van der Waals surface area contributed by atoms with Crippen LogP contribution in [-0.4, -0.2) is 42.0 Å². The summed E-state index contributed by atoms with van der Waals surface area (Å²) in [6.45, 7) is 4.37. The van der Waals surface area contributed by atoms with Gasteiger partial charge in [-0.05, 0) is 48.9 Å². The zero-order chi connectivity index (χ0) is 28.7. The molecule has 3 unspecified atom stereocenters. The van der Waals surface area contributed by atoms with E-state index in [0.717, 1.165) is 19.3 Å². The Morgan fingerprint density at radius 1 is 1.10 bits per heavy atom. The van der Waals surface area contributed by atoms with Crippen molar-refractivity contribution in [1.29, 1.82) is 0 Å². The standard InChI is InChI=1S/C32H39NO7/c1-3-4-10-21-38-32(37)33-20-12-18-26-22-27(34)23(2)13-8-9-14-24-17-11-19-28(29(24)31(36)39-26)40-30(35)25-15-6-5-7-16-25/h5-9,11-12,15-17,19-20,23,26-27,34H,3-4,10,13-14,18,21-22H2,1-2H3,(H,33,37)/b9-8+,20-12+. The van der Waals surface area contributed by atoms with Gasteiger partial charge in [0, 0.05) is 19.0 Å². The lowest BCUT2D eigenvalue weighted by atomic mass is 9.93. The van der Waals surface area contributed by atoms with Crippen molar-refractivity contribution in [2.75, 3.05) is 6.61 Å². The number of carbonyl (C=O) groups excluding carboxylic acids is 3. The zero-order valence-corrected chi connectivity index (χ0v) is 23.2. The van der Waals surface area contributed by atoms with Gasteiger partial charge in [-0.2, -0.15) is 0 Å². The first-order chi connectivity index (χ1) is 19.4. The lowest BCUT2D eigenvalue weighted by Crippen LogP contribution is -2.28. The van der Waals surface area contributed by atoms with Gasteiger partial charge in [0.15, 0.2) is 0 Å². The Morgan fingerprint density at radius 2 is 1.90 bits per heavy atom. The third-order valence-electron chi connectivity index (χ3n) is 6.68. The predicted octanol–water partition coefficient (Wildman–Crippen LogP) is 6.14. The highest BCUT2D eigenvalue weighted by Crippen LogP contribution is 2.28. The van der Waals surface area contributed by atoms with E-state index in [1.54, 1.807) is 54.6 Å². The summed E-state index contributed by atoms with van der Waals surface area (Å²) >= 11 is 0. The van der Waals surface area contributed by atoms with E-state index >= 15 is 0 Å². The molecule has 1 aliphatic rings. The number of hydrogen-bond donors (Lipinski definition) is 2. The fourth-order valence-electron chi connectivity index (χ4n) is 4.28. The first-order valence-electron chi connectivity index (χ1n) is 13.9. The maximum atomic E-state index is 13.5. The van der Waals surface area contributed by atoms with Crippen molar-refractivity contribution in [2.45, 2.75) is 71.0 Å². The van der Waals surface area contributed by atoms with Crippen LogP contribution < -0.4 is 10.1 Å². The van der Waals surface area contributed by atoms with Crippen LogP contribution in [0.2, 0.25) is 0 Å². The highest BCUT2D eigenvalue weighted by molar-refractivity contribution is 5.97. The van der Waals surface area contributed by atoms with Crippen molar-refractivity contribution in [1.82, 2.24) is 5.32 Å². The Labute approximate surface area is 236 Å². The summed E-state index contributed by atoms with van der Waals surface area (Å²) in [5.41, 5.74) is 1.19. The second-order valence-electron chi connectivity index (χ2n) is 9.89. The van der Waals surface area contributed by atoms with Gasteiger partial charge in [0.25, 0.3) is 0 Å². The summed E-state index contributed by atoms with van der Waals surface area (Å²) in [4.78, 5) is 38.2. The maximum absolute atomic E-state index is 13.5. The van der Waals surface area contributed by atoms with Gasteiger partial charge in [-0.3, -0.25) is 5.32 Å². The Balaban J connectivity index is 1.78. The predicted molar refractivity (Wildman–Crippen MR) is 152 cm³/mol. The van der Waals surface area contributed by atoms with Crippen LogP contribution in [0, 0.1) is 5.92 Å². The first kappa shape index (κ1) is 30.6. The van der Waals surface area contributed by atoms with E-state index in [2.05, 4.69) is 12.2 Å². The number of ether oxygens (including phenoxy) is 3. The van der Waals surface area contributed by atoms with Crippen LogP contribution in [0.4, 0.5) is 4.79 Å². The molecule has 8 heteroatoms. The quantitative estimate of drug-likeness (QED) is 0.167. The molecule has 0 spiro atoms. The minimum atomic E-state index is -0.711. The topological polar surface area (TPSA) is 111 Å². The maximum Gasteiger partial charge on any atom is 0.411 e. The number of unbranched alkanes of at least 4 members (excludes halogenated alkanes) is 2. The van der Waals surface area contributed by atoms with Crippen LogP contribution in [0.25, 0.3) is 0 Å². The van der Waals surface area contributed by atoms with Crippen LogP contribution >= 0.6 is 0 Å². The molecule has 2 aromatic carbocycles. The van der Waals surface area contributed by atoms with Crippen LogP contribution in [-0.2, 0) is 15.9 Å². The molecule has 0 saturated heterocycles. The lowest BCUT2D eigenvalue weighted by molar-refractivity contribution is 0.00678. The second kappa shape index (κ2) is 16.3. The lowest BCUT2D eigenvalue weighted by Gasteiger charge is -2.25. The molecular formula is C32H39NO7. The van der Waals surface area contributed by atoms with E-state index in [0.29, 0.717) is 30.6 Å². The van der Waals surface area contributed by atoms with Gasteiger partial charge in [-0.15, -0.1) is 0 Å². The van der Waals surface area contributed by atoms with Gasteiger partial charge in [-0.1, -0.05) is 75.2 Å². The summed E-state index contributed by atoms with van der Waals surface area (Å²) in [7, 11) is 0. The average molecular weight is 550 g/mol. The number of rotatable bonds is 9. The number of alkyl carbamates (subject to hydrolysis) is 1. The van der Waals surface area contributed by atoms with Gasteiger partial charge in [0.1, 0.15) is 17.4 Å². The van der Waals surface area contributed by atoms with Gasteiger partial charge < -0.3 is 19.3 Å². The van der Waals surface area contributed by atoms with Gasteiger partial charge in [0.2, 0.25) is 0 Å². The molecule has 0 bridgehead atoms. The number of aliphatic hydroxyl groups excluding tert-OH is 1. The molecule has 0 aliphatic carbocycles. The highest BCUT2D eigenvalue weighted by Gasteiger charge is 2.27. The number of cyclic esters (lactones) is 1. The smallest absolute Gasteiger partial charge is 0.411 e. The number of amides is 1. The summed E-state index contributed by atoms with van der Waals surface area (Å²) in [5.74, 6) is -1.17. The van der Waals surface area contributed by atoms with Crippen molar-refractivity contribution in [2.24, 2.45) is 5.92 Å².